The van der Waals surface area contributed by atoms with E-state index in [1.165, 1.54) is 4.52 Å². The van der Waals surface area contributed by atoms with Crippen LogP contribution in [0.15, 0.2) is 42.7 Å². The maximum atomic E-state index is 12.8. The first-order valence-electron chi connectivity index (χ1n) is 8.96. The zero-order valence-electron chi connectivity index (χ0n) is 14.9. The highest BCUT2D eigenvalue weighted by atomic mass is 16.3. The van der Waals surface area contributed by atoms with E-state index >= 15 is 0 Å². The number of nitrogens with one attached hydrogen (secondary N) is 1. The number of imidazole rings is 1. The Morgan fingerprint density at radius 2 is 2.18 bits per heavy atom. The van der Waals surface area contributed by atoms with Crippen molar-refractivity contribution in [3.05, 3.63) is 65.5 Å². The number of amides is 1. The quantitative estimate of drug-likeness (QED) is 0.557. The van der Waals surface area contributed by atoms with Crippen molar-refractivity contribution in [3.8, 4) is 11.4 Å². The number of fused-ring (bicyclic) bond motifs is 2. The summed E-state index contributed by atoms with van der Waals surface area (Å²) in [6.07, 6.45) is 3.98. The molecule has 9 nitrogen and oxygen atoms in total. The van der Waals surface area contributed by atoms with Crippen molar-refractivity contribution >= 4 is 11.7 Å². The van der Waals surface area contributed by atoms with Crippen LogP contribution in [0.1, 0.15) is 27.6 Å². The van der Waals surface area contributed by atoms with Crippen LogP contribution in [-0.2, 0) is 19.6 Å². The number of H-pyrrole nitrogens is 1. The van der Waals surface area contributed by atoms with E-state index in [1.54, 1.807) is 23.4 Å². The smallest absolute Gasteiger partial charge is 0.293 e. The minimum absolute atomic E-state index is 0.0165. The second-order valence-corrected chi connectivity index (χ2v) is 6.65. The first-order valence-corrected chi connectivity index (χ1v) is 8.96. The third kappa shape index (κ3) is 2.81. The first-order chi connectivity index (χ1) is 13.7. The summed E-state index contributed by atoms with van der Waals surface area (Å²) in [6, 6.07) is 9.34. The van der Waals surface area contributed by atoms with E-state index < -0.39 is 0 Å². The number of nitrogens with zero attached hydrogens (tertiary/aromatic N) is 6. The number of carbonyl (C=O) groups excluding carboxylic acids is 1. The fourth-order valence-electron chi connectivity index (χ4n) is 3.39. The van der Waals surface area contributed by atoms with Gasteiger partial charge in [0.2, 0.25) is 5.82 Å². The van der Waals surface area contributed by atoms with E-state index in [-0.39, 0.29) is 18.3 Å². The lowest BCUT2D eigenvalue weighted by Gasteiger charge is -2.24. The molecule has 1 amide bonds. The van der Waals surface area contributed by atoms with Crippen molar-refractivity contribution in [1.29, 1.82) is 0 Å². The largest absolute Gasteiger partial charge is 0.392 e. The Labute approximate surface area is 159 Å². The minimum atomic E-state index is -0.227. The fourth-order valence-corrected chi connectivity index (χ4v) is 3.39. The minimum Gasteiger partial charge on any atom is -0.392 e. The Hall–Kier alpha value is -3.59. The molecule has 1 aromatic carbocycles. The number of hydrogen-bond acceptors (Lipinski definition) is 6. The molecule has 9 heteroatoms. The van der Waals surface area contributed by atoms with E-state index in [2.05, 4.69) is 25.0 Å². The number of benzene rings is 1. The zero-order chi connectivity index (χ0) is 19.1. The molecule has 4 heterocycles. The van der Waals surface area contributed by atoms with Gasteiger partial charge >= 0.3 is 0 Å². The molecular weight excluding hydrogens is 358 g/mol. The van der Waals surface area contributed by atoms with Gasteiger partial charge in [0, 0.05) is 30.9 Å². The molecule has 0 saturated carbocycles. The van der Waals surface area contributed by atoms with Gasteiger partial charge in [0.1, 0.15) is 5.82 Å². The summed E-state index contributed by atoms with van der Waals surface area (Å²) in [4.78, 5) is 30.9. The number of aliphatic hydroxyl groups is 1. The Kier molecular flexibility index (Phi) is 3.87. The van der Waals surface area contributed by atoms with Crippen LogP contribution < -0.4 is 0 Å². The van der Waals surface area contributed by atoms with Gasteiger partial charge in [-0.3, -0.25) is 4.79 Å². The average Bonchev–Trinajstić information content (AvgIpc) is 3.36. The number of rotatable bonds is 3. The molecule has 0 fully saturated rings. The van der Waals surface area contributed by atoms with Crippen LogP contribution in [0.2, 0.25) is 0 Å². The molecular formula is C19H17N7O2. The first kappa shape index (κ1) is 16.6. The predicted molar refractivity (Wildman–Crippen MR) is 99.2 cm³/mol. The molecule has 1 aliphatic rings. The summed E-state index contributed by atoms with van der Waals surface area (Å²) in [6.45, 7) is 0.955. The molecule has 28 heavy (non-hydrogen) atoms. The second kappa shape index (κ2) is 6.54. The van der Waals surface area contributed by atoms with Crippen molar-refractivity contribution in [2.24, 2.45) is 0 Å². The molecule has 140 valence electrons. The standard InChI is InChI=1S/C19H17N7O2/c27-11-12-3-1-4-13(9-12)16-21-14-5-8-25(10-15(14)22-16)18(28)17-23-19-20-6-2-7-26(19)24-17/h1-4,6-7,9,27H,5,8,10-11H2,(H,21,22). The Bertz CT molecular complexity index is 1150. The van der Waals surface area contributed by atoms with Gasteiger partial charge in [-0.25, -0.2) is 14.5 Å². The summed E-state index contributed by atoms with van der Waals surface area (Å²) in [5.74, 6) is 1.05. The van der Waals surface area contributed by atoms with Crippen LogP contribution in [0.3, 0.4) is 0 Å². The highest BCUT2D eigenvalue weighted by molar-refractivity contribution is 5.91. The van der Waals surface area contributed by atoms with Crippen LogP contribution in [0.4, 0.5) is 0 Å². The Balaban J connectivity index is 1.40. The summed E-state index contributed by atoms with van der Waals surface area (Å²) in [5.41, 5.74) is 3.60. The Morgan fingerprint density at radius 1 is 1.25 bits per heavy atom. The number of aliphatic hydroxyl groups excluding tert-OH is 1. The van der Waals surface area contributed by atoms with Gasteiger partial charge in [0.15, 0.2) is 0 Å². The Morgan fingerprint density at radius 3 is 3.04 bits per heavy atom. The lowest BCUT2D eigenvalue weighted by Crippen LogP contribution is -2.36. The molecule has 0 unspecified atom stereocenters. The van der Waals surface area contributed by atoms with E-state index in [4.69, 9.17) is 0 Å². The normalized spacial score (nSPS) is 13.7. The molecule has 0 aliphatic carbocycles. The van der Waals surface area contributed by atoms with Crippen molar-refractivity contribution in [2.75, 3.05) is 6.54 Å². The van der Waals surface area contributed by atoms with Crippen LogP contribution in [-0.4, -0.2) is 52.0 Å². The molecule has 3 aromatic heterocycles. The summed E-state index contributed by atoms with van der Waals surface area (Å²) in [5, 5.41) is 13.6. The van der Waals surface area contributed by atoms with Crippen LogP contribution >= 0.6 is 0 Å². The second-order valence-electron chi connectivity index (χ2n) is 6.65. The van der Waals surface area contributed by atoms with E-state index in [0.717, 1.165) is 28.3 Å². The van der Waals surface area contributed by atoms with Gasteiger partial charge in [-0.1, -0.05) is 18.2 Å². The highest BCUT2D eigenvalue weighted by Gasteiger charge is 2.27. The topological polar surface area (TPSA) is 112 Å². The summed E-state index contributed by atoms with van der Waals surface area (Å²) in [7, 11) is 0. The zero-order valence-corrected chi connectivity index (χ0v) is 14.9. The van der Waals surface area contributed by atoms with Crippen molar-refractivity contribution < 1.29 is 9.90 Å². The van der Waals surface area contributed by atoms with Crippen molar-refractivity contribution in [2.45, 2.75) is 19.6 Å². The van der Waals surface area contributed by atoms with E-state index in [9.17, 15) is 9.90 Å². The number of carbonyl (C=O) groups is 1. The van der Waals surface area contributed by atoms with Gasteiger partial charge < -0.3 is 15.0 Å². The monoisotopic (exact) mass is 375 g/mol. The summed E-state index contributed by atoms with van der Waals surface area (Å²) < 4.78 is 1.49. The lowest BCUT2D eigenvalue weighted by molar-refractivity contribution is 0.0719. The molecule has 0 atom stereocenters. The van der Waals surface area contributed by atoms with Crippen LogP contribution in [0.5, 0.6) is 0 Å². The number of aromatic amines is 1. The van der Waals surface area contributed by atoms with Gasteiger partial charge in [0.05, 0.1) is 24.5 Å². The average molecular weight is 375 g/mol. The van der Waals surface area contributed by atoms with Gasteiger partial charge in [-0.2, -0.15) is 4.98 Å². The van der Waals surface area contributed by atoms with Gasteiger partial charge in [-0.15, -0.1) is 5.10 Å². The molecule has 0 saturated heterocycles. The maximum Gasteiger partial charge on any atom is 0.293 e. The van der Waals surface area contributed by atoms with E-state index in [1.807, 2.05) is 24.3 Å². The van der Waals surface area contributed by atoms with Crippen molar-refractivity contribution in [1.82, 2.24) is 34.4 Å². The van der Waals surface area contributed by atoms with Gasteiger partial charge in [-0.05, 0) is 17.7 Å². The van der Waals surface area contributed by atoms with Crippen LogP contribution in [0, 0.1) is 0 Å². The number of aromatic nitrogens is 6. The molecule has 4 aromatic rings. The van der Waals surface area contributed by atoms with Crippen molar-refractivity contribution in [3.63, 3.8) is 0 Å². The highest BCUT2D eigenvalue weighted by Crippen LogP contribution is 2.24. The third-order valence-electron chi connectivity index (χ3n) is 4.81. The molecule has 5 rings (SSSR count). The molecule has 2 N–H and O–H groups in total. The predicted octanol–water partition coefficient (Wildman–Crippen LogP) is 1.21. The molecule has 0 spiro atoms. The van der Waals surface area contributed by atoms with E-state index in [0.29, 0.717) is 25.3 Å². The summed E-state index contributed by atoms with van der Waals surface area (Å²) >= 11 is 0. The van der Waals surface area contributed by atoms with Gasteiger partial charge in [0.25, 0.3) is 11.7 Å². The SMILES string of the molecule is O=C(c1nc2ncccn2n1)N1CCc2nc(-c3cccc(CO)c3)[nH]c2C1. The maximum absolute atomic E-state index is 12.8. The molecule has 1 aliphatic heterocycles. The fraction of sp³-hybridized carbons (Fsp3) is 0.211. The molecule has 0 radical (unpaired) electrons. The third-order valence-corrected chi connectivity index (χ3v) is 4.81. The molecule has 0 bridgehead atoms. The number of hydrogen-bond donors (Lipinski definition) is 2. The van der Waals surface area contributed by atoms with Crippen LogP contribution in [0.25, 0.3) is 17.2 Å². The lowest BCUT2D eigenvalue weighted by atomic mass is 10.1.